The number of rotatable bonds is 1. The van der Waals surface area contributed by atoms with Crippen LogP contribution in [0.15, 0.2) is 12.1 Å². The number of Topliss-reactive ketones (excluding diaryl/α,β-unsaturated/α-hetero) is 1. The largest absolute Gasteiger partial charge is 0.293 e. The number of ketones is 1. The first kappa shape index (κ1) is 9.15. The van der Waals surface area contributed by atoms with Gasteiger partial charge in [-0.3, -0.25) is 4.79 Å². The molecule has 0 fully saturated rings. The van der Waals surface area contributed by atoms with Crippen LogP contribution in [0, 0.1) is 6.92 Å². The maximum atomic E-state index is 11.1. The molecule has 0 atom stereocenters. The summed E-state index contributed by atoms with van der Waals surface area (Å²) < 4.78 is 1.50. The van der Waals surface area contributed by atoms with E-state index in [1.54, 1.807) is 6.07 Å². The number of hydrogen-bond donors (Lipinski definition) is 0. The number of hydrogen-bond acceptors (Lipinski definition) is 3. The zero-order valence-corrected chi connectivity index (χ0v) is 8.54. The Labute approximate surface area is 85.5 Å². The van der Waals surface area contributed by atoms with Crippen LogP contribution >= 0.6 is 11.6 Å². The topological polar surface area (TPSA) is 47.3 Å². The Balaban J connectivity index is 2.77. The monoisotopic (exact) mass is 209 g/mol. The average molecular weight is 210 g/mol. The van der Waals surface area contributed by atoms with Gasteiger partial charge in [-0.15, -0.1) is 0 Å². The summed E-state index contributed by atoms with van der Waals surface area (Å²) in [6.07, 6.45) is 0. The molecule has 5 heteroatoms. The first-order valence-electron chi connectivity index (χ1n) is 4.12. The molecule has 2 aromatic heterocycles. The van der Waals surface area contributed by atoms with E-state index in [9.17, 15) is 4.79 Å². The lowest BCUT2D eigenvalue weighted by atomic mass is 10.3. The first-order chi connectivity index (χ1) is 6.58. The third-order valence-corrected chi connectivity index (χ3v) is 2.14. The summed E-state index contributed by atoms with van der Waals surface area (Å²) in [6, 6.07) is 3.29. The molecule has 4 nitrogen and oxygen atoms in total. The van der Waals surface area contributed by atoms with Gasteiger partial charge >= 0.3 is 0 Å². The van der Waals surface area contributed by atoms with Crippen LogP contribution in [0.1, 0.15) is 23.1 Å². The van der Waals surface area contributed by atoms with Crippen molar-refractivity contribution < 1.29 is 4.79 Å². The highest BCUT2D eigenvalue weighted by molar-refractivity contribution is 6.30. The molecule has 0 amide bonds. The Bertz CT molecular complexity index is 518. The third kappa shape index (κ3) is 1.37. The van der Waals surface area contributed by atoms with E-state index < -0.39 is 0 Å². The van der Waals surface area contributed by atoms with Crippen molar-refractivity contribution in [2.45, 2.75) is 13.8 Å². The smallest absolute Gasteiger partial charge is 0.178 e. The Morgan fingerprint density at radius 2 is 2.21 bits per heavy atom. The molecule has 2 heterocycles. The number of carbonyl (C=O) groups excluding carboxylic acids is 1. The molecule has 72 valence electrons. The molecule has 0 radical (unpaired) electrons. The molecular weight excluding hydrogens is 202 g/mol. The van der Waals surface area contributed by atoms with Crippen molar-refractivity contribution in [3.8, 4) is 0 Å². The van der Waals surface area contributed by atoms with Crippen molar-refractivity contribution in [3.05, 3.63) is 28.7 Å². The second-order valence-corrected chi connectivity index (χ2v) is 3.46. The zero-order chi connectivity index (χ0) is 10.3. The fourth-order valence-electron chi connectivity index (χ4n) is 1.23. The van der Waals surface area contributed by atoms with Gasteiger partial charge in [-0.05, 0) is 6.92 Å². The molecule has 0 N–H and O–H groups in total. The lowest BCUT2D eigenvalue weighted by molar-refractivity contribution is 0.101. The van der Waals surface area contributed by atoms with Crippen molar-refractivity contribution in [2.75, 3.05) is 0 Å². The van der Waals surface area contributed by atoms with Crippen LogP contribution in [0.5, 0.6) is 0 Å². The van der Waals surface area contributed by atoms with E-state index >= 15 is 0 Å². The molecule has 0 aliphatic rings. The third-order valence-electron chi connectivity index (χ3n) is 1.87. The summed E-state index contributed by atoms with van der Waals surface area (Å²) in [5, 5.41) is 4.52. The van der Waals surface area contributed by atoms with E-state index in [1.807, 2.05) is 6.92 Å². The van der Waals surface area contributed by atoms with Gasteiger partial charge in [0.05, 0.1) is 5.69 Å². The predicted octanol–water partition coefficient (Wildman–Crippen LogP) is 1.89. The fraction of sp³-hybridized carbons (Fsp3) is 0.222. The average Bonchev–Trinajstić information content (AvgIpc) is 2.45. The van der Waals surface area contributed by atoms with Gasteiger partial charge in [-0.2, -0.15) is 5.10 Å². The predicted molar refractivity (Wildman–Crippen MR) is 52.7 cm³/mol. The Hall–Kier alpha value is -1.42. The van der Waals surface area contributed by atoms with Gasteiger partial charge in [0.15, 0.2) is 11.4 Å². The van der Waals surface area contributed by atoms with Crippen molar-refractivity contribution in [1.82, 2.24) is 14.6 Å². The van der Waals surface area contributed by atoms with Crippen LogP contribution in [-0.4, -0.2) is 20.4 Å². The summed E-state index contributed by atoms with van der Waals surface area (Å²) in [5.74, 6) is -0.103. The number of nitrogens with zero attached hydrogens (tertiary/aromatic N) is 3. The lowest BCUT2D eigenvalue weighted by Gasteiger charge is -1.98. The maximum Gasteiger partial charge on any atom is 0.178 e. The van der Waals surface area contributed by atoms with Gasteiger partial charge in [0.1, 0.15) is 10.8 Å². The summed E-state index contributed by atoms with van der Waals surface area (Å²) in [6.45, 7) is 3.30. The Morgan fingerprint density at radius 1 is 1.50 bits per heavy atom. The van der Waals surface area contributed by atoms with Crippen LogP contribution in [-0.2, 0) is 0 Å². The molecule has 0 bridgehead atoms. The molecule has 2 rings (SSSR count). The molecule has 0 unspecified atom stereocenters. The second-order valence-electron chi connectivity index (χ2n) is 3.08. The summed E-state index contributed by atoms with van der Waals surface area (Å²) in [7, 11) is 0. The zero-order valence-electron chi connectivity index (χ0n) is 7.78. The fourth-order valence-corrected chi connectivity index (χ4v) is 1.46. The van der Waals surface area contributed by atoms with E-state index in [4.69, 9.17) is 11.6 Å². The van der Waals surface area contributed by atoms with E-state index in [-0.39, 0.29) is 5.78 Å². The van der Waals surface area contributed by atoms with E-state index in [0.29, 0.717) is 16.5 Å². The molecule has 2 aromatic rings. The number of carbonyl (C=O) groups is 1. The highest BCUT2D eigenvalue weighted by Crippen LogP contribution is 2.14. The van der Waals surface area contributed by atoms with Gasteiger partial charge in [0, 0.05) is 19.1 Å². The number of fused-ring (bicyclic) bond motifs is 1. The van der Waals surface area contributed by atoms with Gasteiger partial charge in [-0.1, -0.05) is 11.6 Å². The molecule has 0 saturated heterocycles. The highest BCUT2D eigenvalue weighted by Gasteiger charge is 2.08. The molecule has 0 aromatic carbocycles. The Morgan fingerprint density at radius 3 is 2.86 bits per heavy atom. The molecule has 14 heavy (non-hydrogen) atoms. The van der Waals surface area contributed by atoms with E-state index in [1.165, 1.54) is 17.5 Å². The number of aromatic nitrogens is 3. The maximum absolute atomic E-state index is 11.1. The summed E-state index contributed by atoms with van der Waals surface area (Å²) >= 11 is 5.93. The van der Waals surface area contributed by atoms with Gasteiger partial charge in [0.25, 0.3) is 0 Å². The van der Waals surface area contributed by atoms with Crippen LogP contribution in [0.2, 0.25) is 5.15 Å². The molecule has 0 spiro atoms. The van der Waals surface area contributed by atoms with Crippen molar-refractivity contribution in [2.24, 2.45) is 0 Å². The normalized spacial score (nSPS) is 10.8. The SMILES string of the molecule is CC(=O)c1cc(Cl)n2nc(C)cc2n1. The second kappa shape index (κ2) is 3.06. The Kier molecular flexibility index (Phi) is 2.00. The minimum atomic E-state index is -0.103. The molecule has 0 saturated carbocycles. The quantitative estimate of drug-likeness (QED) is 0.532. The van der Waals surface area contributed by atoms with E-state index in [2.05, 4.69) is 10.1 Å². The van der Waals surface area contributed by atoms with E-state index in [0.717, 1.165) is 5.69 Å². The molecule has 0 aliphatic carbocycles. The minimum absolute atomic E-state index is 0.103. The van der Waals surface area contributed by atoms with Crippen LogP contribution in [0.4, 0.5) is 0 Å². The molecular formula is C9H8ClN3O. The lowest BCUT2D eigenvalue weighted by Crippen LogP contribution is -2.01. The minimum Gasteiger partial charge on any atom is -0.293 e. The first-order valence-corrected chi connectivity index (χ1v) is 4.49. The number of aryl methyl sites for hydroxylation is 1. The van der Waals surface area contributed by atoms with Crippen molar-refractivity contribution >= 4 is 23.0 Å². The van der Waals surface area contributed by atoms with Gasteiger partial charge < -0.3 is 0 Å². The molecule has 0 aliphatic heterocycles. The van der Waals surface area contributed by atoms with Gasteiger partial charge in [-0.25, -0.2) is 9.50 Å². The number of halogens is 1. The highest BCUT2D eigenvalue weighted by atomic mass is 35.5. The van der Waals surface area contributed by atoms with Crippen LogP contribution < -0.4 is 0 Å². The van der Waals surface area contributed by atoms with Gasteiger partial charge in [0.2, 0.25) is 0 Å². The van der Waals surface area contributed by atoms with Crippen LogP contribution in [0.3, 0.4) is 0 Å². The van der Waals surface area contributed by atoms with Crippen LogP contribution in [0.25, 0.3) is 5.65 Å². The van der Waals surface area contributed by atoms with Crippen molar-refractivity contribution in [1.29, 1.82) is 0 Å². The van der Waals surface area contributed by atoms with Crippen molar-refractivity contribution in [3.63, 3.8) is 0 Å². The summed E-state index contributed by atoms with van der Waals surface area (Å²) in [4.78, 5) is 15.2. The standard InChI is InChI=1S/C9H8ClN3O/c1-5-3-9-11-7(6(2)14)4-8(10)13(9)12-5/h3-4H,1-2H3. The summed E-state index contributed by atoms with van der Waals surface area (Å²) in [5.41, 5.74) is 1.78.